The summed E-state index contributed by atoms with van der Waals surface area (Å²) in [5.41, 5.74) is -3.92. The van der Waals surface area contributed by atoms with Gasteiger partial charge in [0.1, 0.15) is 6.10 Å². The fourth-order valence-electron chi connectivity index (χ4n) is 3.03. The Bertz CT molecular complexity index is 407. The van der Waals surface area contributed by atoms with Crippen LogP contribution in [0.25, 0.3) is 0 Å². The molecule has 2 aliphatic rings. The van der Waals surface area contributed by atoms with Crippen LogP contribution in [0.1, 0.15) is 13.3 Å². The number of fused-ring (bicyclic) bond motifs is 2. The van der Waals surface area contributed by atoms with Crippen LogP contribution in [-0.4, -0.2) is 39.9 Å². The zero-order chi connectivity index (χ0) is 15.5. The Balaban J connectivity index is 2.37. The second kappa shape index (κ2) is 4.62. The van der Waals surface area contributed by atoms with Crippen LogP contribution in [0.5, 0.6) is 0 Å². The molecule has 2 fully saturated rings. The van der Waals surface area contributed by atoms with E-state index in [9.17, 15) is 31.1 Å². The monoisotopic (exact) mass is 417 g/mol. The average Bonchev–Trinajstić information content (AvgIpc) is 2.74. The van der Waals surface area contributed by atoms with Crippen molar-refractivity contribution >= 4 is 28.6 Å². The predicted molar refractivity (Wildman–Crippen MR) is 63.2 cm³/mol. The van der Waals surface area contributed by atoms with Gasteiger partial charge in [-0.1, -0.05) is 22.6 Å². The van der Waals surface area contributed by atoms with Crippen LogP contribution in [0, 0.1) is 5.92 Å². The fourth-order valence-corrected chi connectivity index (χ4v) is 4.51. The first kappa shape index (κ1) is 16.1. The van der Waals surface area contributed by atoms with Gasteiger partial charge in [-0.15, -0.1) is 0 Å². The number of carbonyl (C=O) groups excluding carboxylic acids is 1. The molecular formula is C10H10F6INO2. The molecule has 0 radical (unpaired) electrons. The van der Waals surface area contributed by atoms with E-state index < -0.39 is 45.8 Å². The Morgan fingerprint density at radius 2 is 1.75 bits per heavy atom. The lowest BCUT2D eigenvalue weighted by Gasteiger charge is -2.44. The molecule has 10 heteroatoms. The summed E-state index contributed by atoms with van der Waals surface area (Å²) < 4.78 is 82.0. The van der Waals surface area contributed by atoms with Gasteiger partial charge in [0.05, 0.1) is 3.92 Å². The molecule has 2 bridgehead atoms. The minimum absolute atomic E-state index is 0.329. The molecule has 0 aromatic rings. The van der Waals surface area contributed by atoms with Crippen LogP contribution < -0.4 is 5.32 Å². The number of esters is 1. The molecule has 4 atom stereocenters. The highest BCUT2D eigenvalue weighted by Crippen LogP contribution is 2.59. The van der Waals surface area contributed by atoms with Crippen molar-refractivity contribution in [3.8, 4) is 0 Å². The van der Waals surface area contributed by atoms with Crippen molar-refractivity contribution in [1.29, 1.82) is 0 Å². The predicted octanol–water partition coefficient (Wildman–Crippen LogP) is 2.58. The summed E-state index contributed by atoms with van der Waals surface area (Å²) in [6.45, 7) is 1.07. The number of halogens is 7. The van der Waals surface area contributed by atoms with Crippen LogP contribution >= 0.6 is 22.6 Å². The van der Waals surface area contributed by atoms with E-state index in [1.807, 2.05) is 0 Å². The van der Waals surface area contributed by atoms with Gasteiger partial charge >= 0.3 is 18.3 Å². The topological polar surface area (TPSA) is 38.3 Å². The van der Waals surface area contributed by atoms with E-state index >= 15 is 0 Å². The Hall–Kier alpha value is -0.260. The van der Waals surface area contributed by atoms with Gasteiger partial charge in [-0.25, -0.2) is 0 Å². The quantitative estimate of drug-likeness (QED) is 0.309. The molecule has 0 amide bonds. The van der Waals surface area contributed by atoms with Crippen molar-refractivity contribution in [3.63, 3.8) is 0 Å². The number of rotatable bonds is 1. The molecule has 0 spiro atoms. The second-order valence-corrected chi connectivity index (χ2v) is 6.35. The van der Waals surface area contributed by atoms with E-state index in [1.165, 1.54) is 22.6 Å². The molecule has 1 saturated carbocycles. The van der Waals surface area contributed by atoms with Gasteiger partial charge < -0.3 is 4.74 Å². The molecule has 1 saturated heterocycles. The number of ether oxygens (including phenoxy) is 1. The minimum Gasteiger partial charge on any atom is -0.460 e. The molecule has 116 valence electrons. The molecule has 1 heterocycles. The van der Waals surface area contributed by atoms with Crippen molar-refractivity contribution in [1.82, 2.24) is 5.32 Å². The van der Waals surface area contributed by atoms with Crippen LogP contribution in [0.4, 0.5) is 26.3 Å². The molecule has 1 aliphatic carbocycles. The number of carbonyl (C=O) groups is 1. The molecular weight excluding hydrogens is 407 g/mol. The molecule has 20 heavy (non-hydrogen) atoms. The third-order valence-electron chi connectivity index (χ3n) is 3.77. The first-order valence-electron chi connectivity index (χ1n) is 5.64. The zero-order valence-electron chi connectivity index (χ0n) is 9.98. The number of hydrogen-bond acceptors (Lipinski definition) is 3. The fraction of sp³-hybridized carbons (Fsp3) is 0.900. The Kier molecular flexibility index (Phi) is 3.72. The summed E-state index contributed by atoms with van der Waals surface area (Å²) in [6, 6.07) is -1.14. The van der Waals surface area contributed by atoms with Crippen LogP contribution in [-0.2, 0) is 9.53 Å². The lowest BCUT2D eigenvalue weighted by atomic mass is 9.82. The maximum absolute atomic E-state index is 13.0. The molecule has 1 aliphatic heterocycles. The van der Waals surface area contributed by atoms with Gasteiger partial charge in [-0.3, -0.25) is 10.1 Å². The number of hydrogen-bond donors (Lipinski definition) is 1. The van der Waals surface area contributed by atoms with E-state index in [2.05, 4.69) is 0 Å². The zero-order valence-corrected chi connectivity index (χ0v) is 12.1. The van der Waals surface area contributed by atoms with E-state index in [1.54, 1.807) is 5.32 Å². The van der Waals surface area contributed by atoms with Gasteiger partial charge in [0.25, 0.3) is 0 Å². The van der Waals surface area contributed by atoms with Crippen molar-refractivity contribution in [3.05, 3.63) is 0 Å². The Morgan fingerprint density at radius 1 is 1.25 bits per heavy atom. The summed E-state index contributed by atoms with van der Waals surface area (Å²) >= 11 is 1.51. The molecule has 1 N–H and O–H groups in total. The van der Waals surface area contributed by atoms with Gasteiger partial charge in [0.15, 0.2) is 0 Å². The van der Waals surface area contributed by atoms with Crippen molar-refractivity contribution < 1.29 is 35.9 Å². The van der Waals surface area contributed by atoms with E-state index in [0.29, 0.717) is 0 Å². The van der Waals surface area contributed by atoms with E-state index in [0.717, 1.165) is 6.92 Å². The first-order valence-corrected chi connectivity index (χ1v) is 6.89. The Morgan fingerprint density at radius 3 is 2.10 bits per heavy atom. The SMILES string of the molecule is CC(=O)O[C@H]1[C@H](I)[C@@H]2C[C@H]1NC2(C(F)(F)F)C(F)(F)F. The number of alkyl halides is 7. The third kappa shape index (κ3) is 2.09. The Labute approximate surface area is 123 Å². The number of piperidine rings is 1. The lowest BCUT2D eigenvalue weighted by molar-refractivity contribution is -0.319. The second-order valence-electron chi connectivity index (χ2n) is 4.92. The summed E-state index contributed by atoms with van der Waals surface area (Å²) in [6.07, 6.45) is -12.2. The molecule has 3 nitrogen and oxygen atoms in total. The summed E-state index contributed by atoms with van der Waals surface area (Å²) in [5.74, 6) is -2.44. The van der Waals surface area contributed by atoms with E-state index in [-0.39, 0.29) is 6.42 Å². The van der Waals surface area contributed by atoms with Crippen molar-refractivity contribution in [2.24, 2.45) is 5.92 Å². The summed E-state index contributed by atoms with van der Waals surface area (Å²) in [4.78, 5) is 10.9. The van der Waals surface area contributed by atoms with Crippen LogP contribution in [0.2, 0.25) is 0 Å². The summed E-state index contributed by atoms with van der Waals surface area (Å²) in [7, 11) is 0. The molecule has 0 unspecified atom stereocenters. The largest absolute Gasteiger partial charge is 0.460 e. The van der Waals surface area contributed by atoms with Gasteiger partial charge in [0.2, 0.25) is 5.54 Å². The van der Waals surface area contributed by atoms with Gasteiger partial charge in [0, 0.05) is 18.9 Å². The maximum atomic E-state index is 13.0. The first-order chi connectivity index (χ1) is 8.92. The standard InChI is InChI=1S/C10H10F6INO2/c1-3(19)20-7-5-2-4(6(7)17)8(18-5,9(11,12)13)10(14,15)16/h4-7,18H,2H2,1H3/t4-,5+,6+,7+/m0/s1. The summed E-state index contributed by atoms with van der Waals surface area (Å²) in [5, 5.41) is 1.64. The van der Waals surface area contributed by atoms with E-state index in [4.69, 9.17) is 4.74 Å². The highest BCUT2D eigenvalue weighted by Gasteiger charge is 2.81. The minimum atomic E-state index is -5.46. The van der Waals surface area contributed by atoms with Crippen LogP contribution in [0.15, 0.2) is 0 Å². The normalized spacial score (nSPS) is 36.2. The highest BCUT2D eigenvalue weighted by atomic mass is 127. The third-order valence-corrected chi connectivity index (χ3v) is 5.35. The number of nitrogens with one attached hydrogen (secondary N) is 1. The average molecular weight is 417 g/mol. The smallest absolute Gasteiger partial charge is 0.415 e. The van der Waals surface area contributed by atoms with Crippen molar-refractivity contribution in [2.45, 2.75) is 47.3 Å². The molecule has 0 aromatic heterocycles. The van der Waals surface area contributed by atoms with Crippen LogP contribution in [0.3, 0.4) is 0 Å². The van der Waals surface area contributed by atoms with Gasteiger partial charge in [-0.2, -0.15) is 26.3 Å². The molecule has 2 rings (SSSR count). The molecule has 0 aromatic carbocycles. The van der Waals surface area contributed by atoms with Crippen molar-refractivity contribution in [2.75, 3.05) is 0 Å². The van der Waals surface area contributed by atoms with Gasteiger partial charge in [-0.05, 0) is 6.42 Å². The lowest BCUT2D eigenvalue weighted by Crippen LogP contribution is -2.73. The highest BCUT2D eigenvalue weighted by molar-refractivity contribution is 14.1. The maximum Gasteiger partial charge on any atom is 0.415 e.